The molecule has 0 aliphatic rings. The van der Waals surface area contributed by atoms with Gasteiger partial charge in [0.15, 0.2) is 0 Å². The lowest BCUT2D eigenvalue weighted by Gasteiger charge is -2.19. The van der Waals surface area contributed by atoms with Crippen molar-refractivity contribution in [1.29, 1.82) is 0 Å². The number of hydrogen-bond donors (Lipinski definition) is 0. The number of nitrogens with zero attached hydrogens (tertiary/aromatic N) is 3. The van der Waals surface area contributed by atoms with Gasteiger partial charge in [-0.3, -0.25) is 4.79 Å². The van der Waals surface area contributed by atoms with Gasteiger partial charge in [-0.1, -0.05) is 23.0 Å². The third kappa shape index (κ3) is 3.82. The maximum Gasteiger partial charge on any atom is 0.235 e. The molecule has 1 unspecified atom stereocenters. The SMILES string of the molecule is CC(Sc1ccccn1)C(=O)N(C)Cc1ccon1. The van der Waals surface area contributed by atoms with Crippen LogP contribution in [0.15, 0.2) is 46.3 Å². The van der Waals surface area contributed by atoms with Gasteiger partial charge in [-0.05, 0) is 19.1 Å². The zero-order valence-corrected chi connectivity index (χ0v) is 11.6. The molecule has 0 saturated heterocycles. The van der Waals surface area contributed by atoms with Crippen LogP contribution in [0.3, 0.4) is 0 Å². The Morgan fingerprint density at radius 3 is 2.95 bits per heavy atom. The Hall–Kier alpha value is -1.82. The maximum atomic E-state index is 12.2. The van der Waals surface area contributed by atoms with Crippen LogP contribution in [0, 0.1) is 0 Å². The molecule has 0 fully saturated rings. The van der Waals surface area contributed by atoms with Gasteiger partial charge >= 0.3 is 0 Å². The maximum absolute atomic E-state index is 12.2. The van der Waals surface area contributed by atoms with Crippen molar-refractivity contribution in [1.82, 2.24) is 15.0 Å². The van der Waals surface area contributed by atoms with Crippen molar-refractivity contribution in [2.75, 3.05) is 7.05 Å². The van der Waals surface area contributed by atoms with Gasteiger partial charge in [-0.25, -0.2) is 4.98 Å². The van der Waals surface area contributed by atoms with Gasteiger partial charge in [-0.15, -0.1) is 0 Å². The first-order valence-electron chi connectivity index (χ1n) is 5.88. The summed E-state index contributed by atoms with van der Waals surface area (Å²) in [7, 11) is 1.76. The summed E-state index contributed by atoms with van der Waals surface area (Å²) in [6, 6.07) is 7.41. The zero-order valence-electron chi connectivity index (χ0n) is 10.8. The van der Waals surface area contributed by atoms with Crippen molar-refractivity contribution < 1.29 is 9.32 Å². The van der Waals surface area contributed by atoms with Crippen LogP contribution in [0.1, 0.15) is 12.6 Å². The second kappa shape index (κ2) is 6.38. The lowest BCUT2D eigenvalue weighted by Crippen LogP contribution is -2.32. The number of amides is 1. The molecule has 2 aromatic rings. The molecular weight excluding hydrogens is 262 g/mol. The van der Waals surface area contributed by atoms with Crippen LogP contribution in [0.5, 0.6) is 0 Å². The second-order valence-electron chi connectivity index (χ2n) is 4.11. The Morgan fingerprint density at radius 2 is 2.32 bits per heavy atom. The van der Waals surface area contributed by atoms with Crippen LogP contribution in [0.25, 0.3) is 0 Å². The predicted octanol–water partition coefficient (Wildman–Crippen LogP) is 2.21. The van der Waals surface area contributed by atoms with E-state index >= 15 is 0 Å². The molecule has 1 amide bonds. The fourth-order valence-electron chi connectivity index (χ4n) is 1.60. The molecule has 100 valence electrons. The lowest BCUT2D eigenvalue weighted by molar-refractivity contribution is -0.129. The summed E-state index contributed by atoms with van der Waals surface area (Å²) in [6.45, 7) is 2.32. The number of hydrogen-bond acceptors (Lipinski definition) is 5. The number of pyridine rings is 1. The van der Waals surface area contributed by atoms with Gasteiger partial charge in [0.2, 0.25) is 5.91 Å². The molecule has 0 aliphatic heterocycles. The van der Waals surface area contributed by atoms with Crippen molar-refractivity contribution >= 4 is 17.7 Å². The van der Waals surface area contributed by atoms with Gasteiger partial charge in [0.05, 0.1) is 16.8 Å². The van der Waals surface area contributed by atoms with E-state index in [2.05, 4.69) is 10.1 Å². The number of thioether (sulfide) groups is 1. The Kier molecular flexibility index (Phi) is 4.57. The molecular formula is C13H15N3O2S. The fraction of sp³-hybridized carbons (Fsp3) is 0.308. The summed E-state index contributed by atoms with van der Waals surface area (Å²) >= 11 is 1.45. The Balaban J connectivity index is 1.91. The van der Waals surface area contributed by atoms with Gasteiger partial charge in [0.1, 0.15) is 12.0 Å². The molecule has 0 aliphatic carbocycles. The minimum absolute atomic E-state index is 0.0404. The molecule has 0 N–H and O–H groups in total. The first kappa shape index (κ1) is 13.6. The highest BCUT2D eigenvalue weighted by Crippen LogP contribution is 2.22. The van der Waals surface area contributed by atoms with E-state index in [4.69, 9.17) is 4.52 Å². The number of carbonyl (C=O) groups excluding carboxylic acids is 1. The minimum Gasteiger partial charge on any atom is -0.364 e. The highest BCUT2D eigenvalue weighted by molar-refractivity contribution is 8.00. The molecule has 0 spiro atoms. The minimum atomic E-state index is -0.188. The van der Waals surface area contributed by atoms with E-state index in [0.29, 0.717) is 6.54 Å². The average Bonchev–Trinajstić information content (AvgIpc) is 2.91. The summed E-state index contributed by atoms with van der Waals surface area (Å²) in [5.41, 5.74) is 0.742. The quantitative estimate of drug-likeness (QED) is 0.784. The van der Waals surface area contributed by atoms with Crippen molar-refractivity contribution in [3.8, 4) is 0 Å². The van der Waals surface area contributed by atoms with E-state index in [1.165, 1.54) is 18.0 Å². The summed E-state index contributed by atoms with van der Waals surface area (Å²) in [4.78, 5) is 18.0. The van der Waals surface area contributed by atoms with Crippen LogP contribution in [0.4, 0.5) is 0 Å². The Labute approximate surface area is 116 Å². The molecule has 19 heavy (non-hydrogen) atoms. The van der Waals surface area contributed by atoms with Crippen molar-refractivity contribution in [2.45, 2.75) is 23.7 Å². The first-order chi connectivity index (χ1) is 9.16. The van der Waals surface area contributed by atoms with E-state index in [1.807, 2.05) is 25.1 Å². The normalized spacial score (nSPS) is 12.1. The van der Waals surface area contributed by atoms with Crippen LogP contribution in [0.2, 0.25) is 0 Å². The highest BCUT2D eigenvalue weighted by Gasteiger charge is 2.19. The van der Waals surface area contributed by atoms with E-state index in [0.717, 1.165) is 10.7 Å². The highest BCUT2D eigenvalue weighted by atomic mass is 32.2. The molecule has 5 nitrogen and oxygen atoms in total. The number of aromatic nitrogens is 2. The van der Waals surface area contributed by atoms with E-state index < -0.39 is 0 Å². The molecule has 0 bridgehead atoms. The van der Waals surface area contributed by atoms with Gasteiger partial charge in [0.25, 0.3) is 0 Å². The monoisotopic (exact) mass is 277 g/mol. The molecule has 2 rings (SSSR count). The first-order valence-corrected chi connectivity index (χ1v) is 6.76. The van der Waals surface area contributed by atoms with Gasteiger partial charge < -0.3 is 9.42 Å². The molecule has 0 saturated carbocycles. The van der Waals surface area contributed by atoms with Crippen molar-refractivity contribution in [3.05, 3.63) is 42.4 Å². The standard InChI is InChI=1S/C13H15N3O2S/c1-10(19-12-5-3-4-7-14-12)13(17)16(2)9-11-6-8-18-15-11/h3-8,10H,9H2,1-2H3. The van der Waals surface area contributed by atoms with E-state index in [1.54, 1.807) is 24.2 Å². The number of carbonyl (C=O) groups is 1. The number of rotatable bonds is 5. The lowest BCUT2D eigenvalue weighted by atomic mass is 10.3. The third-order valence-electron chi connectivity index (χ3n) is 2.55. The van der Waals surface area contributed by atoms with Crippen LogP contribution < -0.4 is 0 Å². The fourth-order valence-corrected chi connectivity index (χ4v) is 2.52. The van der Waals surface area contributed by atoms with Crippen molar-refractivity contribution in [3.63, 3.8) is 0 Å². The molecule has 6 heteroatoms. The molecule has 1 atom stereocenters. The summed E-state index contributed by atoms with van der Waals surface area (Å²) in [5, 5.41) is 4.45. The summed E-state index contributed by atoms with van der Waals surface area (Å²) in [5.74, 6) is 0.0404. The molecule has 0 radical (unpaired) electrons. The summed E-state index contributed by atoms with van der Waals surface area (Å²) in [6.07, 6.45) is 3.22. The van der Waals surface area contributed by atoms with E-state index in [-0.39, 0.29) is 11.2 Å². The Bertz CT molecular complexity index is 516. The largest absolute Gasteiger partial charge is 0.364 e. The average molecular weight is 277 g/mol. The van der Waals surface area contributed by atoms with Gasteiger partial charge in [0, 0.05) is 19.3 Å². The van der Waals surface area contributed by atoms with Crippen LogP contribution in [-0.4, -0.2) is 33.2 Å². The predicted molar refractivity (Wildman–Crippen MR) is 72.5 cm³/mol. The summed E-state index contributed by atoms with van der Waals surface area (Å²) < 4.78 is 4.75. The van der Waals surface area contributed by atoms with E-state index in [9.17, 15) is 4.79 Å². The zero-order chi connectivity index (χ0) is 13.7. The molecule has 0 aromatic carbocycles. The molecule has 2 aromatic heterocycles. The van der Waals surface area contributed by atoms with Crippen LogP contribution >= 0.6 is 11.8 Å². The Morgan fingerprint density at radius 1 is 1.47 bits per heavy atom. The smallest absolute Gasteiger partial charge is 0.235 e. The van der Waals surface area contributed by atoms with Crippen molar-refractivity contribution in [2.24, 2.45) is 0 Å². The third-order valence-corrected chi connectivity index (χ3v) is 3.59. The second-order valence-corrected chi connectivity index (χ2v) is 5.47. The topological polar surface area (TPSA) is 59.2 Å². The molecule has 2 heterocycles. The van der Waals surface area contributed by atoms with Crippen LogP contribution in [-0.2, 0) is 11.3 Å². The van der Waals surface area contributed by atoms with Gasteiger partial charge in [-0.2, -0.15) is 0 Å².